The molecule has 1 unspecified atom stereocenters. The van der Waals surface area contributed by atoms with Gasteiger partial charge in [-0.25, -0.2) is 4.85 Å². The van der Waals surface area contributed by atoms with Crippen LogP contribution in [0.4, 0.5) is 5.69 Å². The molecule has 0 heterocycles. The molecular formula is C32H36N2O4. The number of hydrogen-bond donors (Lipinski definition) is 2. The van der Waals surface area contributed by atoms with Crippen molar-refractivity contribution in [1.82, 2.24) is 5.32 Å². The Hall–Kier alpha value is -4.11. The van der Waals surface area contributed by atoms with E-state index in [-0.39, 0.29) is 25.0 Å². The van der Waals surface area contributed by atoms with Crippen molar-refractivity contribution in [3.8, 4) is 5.75 Å². The number of carbonyl (C=O) groups excluding carboxylic acids is 1. The van der Waals surface area contributed by atoms with E-state index in [1.165, 1.54) is 0 Å². The highest BCUT2D eigenvalue weighted by atomic mass is 16.5. The molecular weight excluding hydrogens is 476 g/mol. The number of carboxylic acid groups (broad SMARTS) is 1. The molecule has 1 atom stereocenters. The highest BCUT2D eigenvalue weighted by Crippen LogP contribution is 2.25. The molecule has 2 N–H and O–H groups in total. The maximum Gasteiger partial charge on any atom is 0.303 e. The summed E-state index contributed by atoms with van der Waals surface area (Å²) in [4.78, 5) is 28.0. The molecule has 0 aliphatic heterocycles. The fourth-order valence-electron chi connectivity index (χ4n) is 4.58. The molecule has 0 saturated heterocycles. The SMILES string of the molecule is [C-]#[N+]c1cccc(OCc2cc(CCCC(=O)O)cc(C(=O)NC(CC(C)C)c3cc(C)cc(C)c3)c2)c1. The van der Waals surface area contributed by atoms with Crippen LogP contribution in [0.3, 0.4) is 0 Å². The van der Waals surface area contributed by atoms with Gasteiger partial charge in [0.2, 0.25) is 0 Å². The van der Waals surface area contributed by atoms with Gasteiger partial charge in [0.15, 0.2) is 5.69 Å². The van der Waals surface area contributed by atoms with Gasteiger partial charge in [0.1, 0.15) is 12.4 Å². The summed E-state index contributed by atoms with van der Waals surface area (Å²) in [5.41, 5.74) is 6.11. The fraction of sp³-hybridized carbons (Fsp3) is 0.344. The Balaban J connectivity index is 1.87. The number of rotatable bonds is 12. The van der Waals surface area contributed by atoms with Crippen LogP contribution in [0.2, 0.25) is 0 Å². The molecule has 3 rings (SSSR count). The molecule has 0 aliphatic carbocycles. The predicted octanol–water partition coefficient (Wildman–Crippen LogP) is 7.36. The van der Waals surface area contributed by atoms with Crippen LogP contribution in [0.5, 0.6) is 5.75 Å². The summed E-state index contributed by atoms with van der Waals surface area (Å²) in [6.45, 7) is 15.8. The first kappa shape index (κ1) is 28.5. The van der Waals surface area contributed by atoms with Gasteiger partial charge >= 0.3 is 5.97 Å². The molecule has 0 saturated carbocycles. The first-order chi connectivity index (χ1) is 18.1. The number of aryl methyl sites for hydroxylation is 3. The van der Waals surface area contributed by atoms with Crippen molar-refractivity contribution in [3.63, 3.8) is 0 Å². The third kappa shape index (κ3) is 8.77. The van der Waals surface area contributed by atoms with Crippen molar-refractivity contribution in [2.24, 2.45) is 5.92 Å². The van der Waals surface area contributed by atoms with Crippen LogP contribution in [0.15, 0.2) is 60.7 Å². The Morgan fingerprint density at radius 2 is 1.71 bits per heavy atom. The lowest BCUT2D eigenvalue weighted by molar-refractivity contribution is -0.137. The van der Waals surface area contributed by atoms with Crippen LogP contribution in [0, 0.1) is 26.3 Å². The second-order valence-corrected chi connectivity index (χ2v) is 10.3. The quantitative estimate of drug-likeness (QED) is 0.249. The van der Waals surface area contributed by atoms with Crippen LogP contribution < -0.4 is 10.1 Å². The molecule has 0 spiro atoms. The van der Waals surface area contributed by atoms with Crippen LogP contribution >= 0.6 is 0 Å². The van der Waals surface area contributed by atoms with E-state index in [4.69, 9.17) is 16.4 Å². The first-order valence-electron chi connectivity index (χ1n) is 13.0. The summed E-state index contributed by atoms with van der Waals surface area (Å²) >= 11 is 0. The van der Waals surface area contributed by atoms with Gasteiger partial charge in [-0.15, -0.1) is 0 Å². The predicted molar refractivity (Wildman–Crippen MR) is 150 cm³/mol. The molecule has 1 amide bonds. The lowest BCUT2D eigenvalue weighted by Crippen LogP contribution is -2.30. The van der Waals surface area contributed by atoms with Crippen LogP contribution in [-0.2, 0) is 17.8 Å². The molecule has 0 fully saturated rings. The highest BCUT2D eigenvalue weighted by molar-refractivity contribution is 5.95. The van der Waals surface area contributed by atoms with Crippen molar-refractivity contribution in [2.45, 2.75) is 66.0 Å². The summed E-state index contributed by atoms with van der Waals surface area (Å²) < 4.78 is 5.93. The summed E-state index contributed by atoms with van der Waals surface area (Å²) in [6.07, 6.45) is 1.89. The molecule has 198 valence electrons. The normalized spacial score (nSPS) is 11.6. The lowest BCUT2D eigenvalue weighted by Gasteiger charge is -2.23. The number of carboxylic acids is 1. The fourth-order valence-corrected chi connectivity index (χ4v) is 4.58. The molecule has 0 bridgehead atoms. The molecule has 3 aromatic carbocycles. The van der Waals surface area contributed by atoms with Gasteiger partial charge in [0.25, 0.3) is 5.91 Å². The molecule has 0 aliphatic rings. The second-order valence-electron chi connectivity index (χ2n) is 10.3. The van der Waals surface area contributed by atoms with Crippen molar-refractivity contribution >= 4 is 17.6 Å². The summed E-state index contributed by atoms with van der Waals surface area (Å²) in [5, 5.41) is 12.3. The van der Waals surface area contributed by atoms with Crippen molar-refractivity contribution in [1.29, 1.82) is 0 Å². The zero-order valence-electron chi connectivity index (χ0n) is 22.6. The largest absolute Gasteiger partial charge is 0.490 e. The maximum absolute atomic E-state index is 13.5. The average Bonchev–Trinajstić information content (AvgIpc) is 2.86. The van der Waals surface area contributed by atoms with Crippen LogP contribution in [-0.4, -0.2) is 17.0 Å². The van der Waals surface area contributed by atoms with Gasteiger partial charge in [-0.2, -0.15) is 0 Å². The Morgan fingerprint density at radius 3 is 2.37 bits per heavy atom. The number of hydrogen-bond acceptors (Lipinski definition) is 3. The van der Waals surface area contributed by atoms with Crippen molar-refractivity contribution in [3.05, 3.63) is 105 Å². The van der Waals surface area contributed by atoms with Crippen molar-refractivity contribution in [2.75, 3.05) is 0 Å². The number of nitrogens with one attached hydrogen (secondary N) is 1. The second kappa shape index (κ2) is 13.4. The van der Waals surface area contributed by atoms with Crippen LogP contribution in [0.1, 0.15) is 77.3 Å². The molecule has 3 aromatic rings. The van der Waals surface area contributed by atoms with Gasteiger partial charge in [-0.1, -0.05) is 61.4 Å². The molecule has 0 radical (unpaired) electrons. The van der Waals surface area contributed by atoms with Gasteiger partial charge in [0, 0.05) is 12.0 Å². The van der Waals surface area contributed by atoms with E-state index in [1.807, 2.05) is 18.2 Å². The molecule has 0 aromatic heterocycles. The number of carbonyl (C=O) groups is 2. The number of amides is 1. The minimum atomic E-state index is -0.841. The third-order valence-electron chi connectivity index (χ3n) is 6.18. The Kier molecular flexibility index (Phi) is 10.1. The summed E-state index contributed by atoms with van der Waals surface area (Å²) in [6, 6.07) is 18.8. The van der Waals surface area contributed by atoms with E-state index in [0.29, 0.717) is 35.8 Å². The molecule has 6 heteroatoms. The van der Waals surface area contributed by atoms with E-state index in [9.17, 15) is 9.59 Å². The number of aliphatic carboxylic acids is 1. The van der Waals surface area contributed by atoms with E-state index in [1.54, 1.807) is 24.3 Å². The minimum absolute atomic E-state index is 0.0643. The average molecular weight is 513 g/mol. The smallest absolute Gasteiger partial charge is 0.303 e. The Morgan fingerprint density at radius 1 is 1.00 bits per heavy atom. The maximum atomic E-state index is 13.5. The molecule has 6 nitrogen and oxygen atoms in total. The number of ether oxygens (including phenoxy) is 1. The standard InChI is InChI=1S/C32H36N2O4/c1-21(2)12-30(26-14-22(3)13-23(4)15-26)34-32(37)27-17-24(8-6-11-31(35)36)16-25(18-27)20-38-29-10-7-9-28(19-29)33-5/h7,9-10,13-19,21,30H,6,8,11-12,20H2,1-4H3,(H,34,37)(H,35,36). The van der Waals surface area contributed by atoms with E-state index in [2.05, 4.69) is 56.1 Å². The molecule has 38 heavy (non-hydrogen) atoms. The number of nitrogens with zero attached hydrogens (tertiary/aromatic N) is 1. The highest BCUT2D eigenvalue weighted by Gasteiger charge is 2.19. The van der Waals surface area contributed by atoms with Gasteiger partial charge < -0.3 is 15.2 Å². The van der Waals surface area contributed by atoms with E-state index >= 15 is 0 Å². The van der Waals surface area contributed by atoms with E-state index < -0.39 is 5.97 Å². The topological polar surface area (TPSA) is 80.0 Å². The number of benzene rings is 3. The summed E-state index contributed by atoms with van der Waals surface area (Å²) in [5.74, 6) is -0.0514. The van der Waals surface area contributed by atoms with Gasteiger partial charge in [-0.05, 0) is 80.0 Å². The van der Waals surface area contributed by atoms with E-state index in [0.717, 1.165) is 34.2 Å². The zero-order chi connectivity index (χ0) is 27.7. The minimum Gasteiger partial charge on any atom is -0.490 e. The first-order valence-corrected chi connectivity index (χ1v) is 13.0. The lowest BCUT2D eigenvalue weighted by atomic mass is 9.94. The zero-order valence-corrected chi connectivity index (χ0v) is 22.6. The van der Waals surface area contributed by atoms with Gasteiger partial charge in [-0.3, -0.25) is 9.59 Å². The van der Waals surface area contributed by atoms with Crippen molar-refractivity contribution < 1.29 is 19.4 Å². The Bertz CT molecular complexity index is 1300. The third-order valence-corrected chi connectivity index (χ3v) is 6.18. The Labute approximate surface area is 225 Å². The van der Waals surface area contributed by atoms with Gasteiger partial charge in [0.05, 0.1) is 12.6 Å². The summed E-state index contributed by atoms with van der Waals surface area (Å²) in [7, 11) is 0. The van der Waals surface area contributed by atoms with Crippen LogP contribution in [0.25, 0.3) is 4.85 Å². The monoisotopic (exact) mass is 512 g/mol.